The van der Waals surface area contributed by atoms with E-state index in [0.29, 0.717) is 50.8 Å². The average molecular weight is 563 g/mol. The van der Waals surface area contributed by atoms with Gasteiger partial charge in [0.1, 0.15) is 12.2 Å². The van der Waals surface area contributed by atoms with E-state index in [1.165, 1.54) is 0 Å². The van der Waals surface area contributed by atoms with E-state index in [2.05, 4.69) is 27.2 Å². The molecule has 0 spiro atoms. The second-order valence-electron chi connectivity index (χ2n) is 12.6. The monoisotopic (exact) mass is 562 g/mol. The highest BCUT2D eigenvalue weighted by atomic mass is 19.3. The summed E-state index contributed by atoms with van der Waals surface area (Å²) in [7, 11) is 1.95. The van der Waals surface area contributed by atoms with Crippen LogP contribution in [-0.2, 0) is 30.2 Å². The molecule has 2 aromatic heterocycles. The number of alkyl halides is 2. The lowest BCUT2D eigenvalue weighted by atomic mass is 9.75. The molecule has 7 rings (SSSR count). The molecule has 1 aliphatic carbocycles. The summed E-state index contributed by atoms with van der Waals surface area (Å²) in [6, 6.07) is 10.0. The van der Waals surface area contributed by atoms with Gasteiger partial charge in [-0.3, -0.25) is 14.7 Å². The number of ether oxygens (including phenoxy) is 1. The Morgan fingerprint density at radius 2 is 2.00 bits per heavy atom. The maximum atomic E-state index is 14.2. The minimum Gasteiger partial charge on any atom is -0.379 e. The first-order valence-corrected chi connectivity index (χ1v) is 14.6. The number of benzene rings is 1. The van der Waals surface area contributed by atoms with Crippen LogP contribution < -0.4 is 4.90 Å². The van der Waals surface area contributed by atoms with Crippen LogP contribution in [0.2, 0.25) is 0 Å². The van der Waals surface area contributed by atoms with Crippen LogP contribution in [0.5, 0.6) is 0 Å². The summed E-state index contributed by atoms with van der Waals surface area (Å²) >= 11 is 0. The summed E-state index contributed by atoms with van der Waals surface area (Å²) in [5.41, 5.74) is 5.30. The molecule has 216 valence electrons. The lowest BCUT2D eigenvalue weighted by molar-refractivity contribution is -0.105. The second kappa shape index (κ2) is 9.66. The number of hydrogen-bond acceptors (Lipinski definition) is 6. The van der Waals surface area contributed by atoms with Gasteiger partial charge < -0.3 is 14.2 Å². The SMILES string of the molecule is CC(c1cc2c(c(C3CC3)n1)CN(c1cccc(C3(Cc4nncn4C)COC3)c1)C2=O)N1CCC(F)(F)[C@H](C)C1. The van der Waals surface area contributed by atoms with Gasteiger partial charge in [0.05, 0.1) is 25.5 Å². The molecule has 1 amide bonds. The minimum atomic E-state index is -2.63. The van der Waals surface area contributed by atoms with Gasteiger partial charge in [0.15, 0.2) is 0 Å². The van der Waals surface area contributed by atoms with Crippen LogP contribution in [0.25, 0.3) is 0 Å². The van der Waals surface area contributed by atoms with E-state index in [0.717, 1.165) is 46.9 Å². The molecule has 0 bridgehead atoms. The number of pyridine rings is 1. The number of carbonyl (C=O) groups excluding carboxylic acids is 1. The number of amides is 1. The predicted octanol–water partition coefficient (Wildman–Crippen LogP) is 4.80. The number of halogens is 2. The number of nitrogens with zero attached hydrogens (tertiary/aromatic N) is 6. The zero-order valence-electron chi connectivity index (χ0n) is 23.8. The normalized spacial score (nSPS) is 24.3. The Hall–Kier alpha value is -3.24. The fourth-order valence-corrected chi connectivity index (χ4v) is 6.61. The first-order chi connectivity index (χ1) is 19.6. The fourth-order valence-electron chi connectivity index (χ4n) is 6.61. The van der Waals surface area contributed by atoms with Crippen LogP contribution in [-0.4, -0.2) is 62.8 Å². The third kappa shape index (κ3) is 4.55. The number of anilines is 1. The fraction of sp³-hybridized carbons (Fsp3) is 0.548. The molecule has 0 radical (unpaired) electrons. The molecule has 10 heteroatoms. The zero-order chi connectivity index (χ0) is 28.5. The number of rotatable bonds is 7. The number of hydrogen-bond donors (Lipinski definition) is 0. The van der Waals surface area contributed by atoms with Gasteiger partial charge >= 0.3 is 0 Å². The van der Waals surface area contributed by atoms with Gasteiger partial charge in [-0.2, -0.15) is 0 Å². The van der Waals surface area contributed by atoms with Crippen molar-refractivity contribution in [3.8, 4) is 0 Å². The standard InChI is InChI=1S/C31H36F2N6O2/c1-19-14-38(10-9-31(19,32)33)20(2)26-12-24-25(28(35-26)21-7-8-21)15-39(29(24)40)23-6-4-5-22(11-23)30(16-41-17-30)13-27-36-34-18-37(27)3/h4-6,11-12,18-21H,7-10,13-17H2,1-3H3/t19-,20?/m1/s1. The molecule has 1 unspecified atom stereocenters. The van der Waals surface area contributed by atoms with Crippen molar-refractivity contribution in [2.24, 2.45) is 13.0 Å². The average Bonchev–Trinajstić information content (AvgIpc) is 3.63. The predicted molar refractivity (Wildman–Crippen MR) is 149 cm³/mol. The Morgan fingerprint density at radius 1 is 1.20 bits per heavy atom. The highest BCUT2D eigenvalue weighted by Crippen LogP contribution is 2.46. The van der Waals surface area contributed by atoms with E-state index in [-0.39, 0.29) is 23.8 Å². The summed E-state index contributed by atoms with van der Waals surface area (Å²) in [5.74, 6) is -2.11. The highest BCUT2D eigenvalue weighted by molar-refractivity contribution is 6.10. The van der Waals surface area contributed by atoms with Crippen molar-refractivity contribution in [1.29, 1.82) is 0 Å². The van der Waals surface area contributed by atoms with Crippen LogP contribution >= 0.6 is 0 Å². The van der Waals surface area contributed by atoms with Gasteiger partial charge in [-0.05, 0) is 43.5 Å². The molecule has 5 heterocycles. The Balaban J connectivity index is 1.18. The zero-order valence-corrected chi connectivity index (χ0v) is 23.8. The van der Waals surface area contributed by atoms with Crippen molar-refractivity contribution >= 4 is 11.6 Å². The third-order valence-electron chi connectivity index (χ3n) is 9.70. The molecule has 4 aliphatic rings. The second-order valence-corrected chi connectivity index (χ2v) is 12.6. The molecule has 2 atom stereocenters. The quantitative estimate of drug-likeness (QED) is 0.412. The van der Waals surface area contributed by atoms with Crippen molar-refractivity contribution in [3.05, 3.63) is 70.6 Å². The molecular weight excluding hydrogens is 526 g/mol. The van der Waals surface area contributed by atoms with Gasteiger partial charge in [-0.25, -0.2) is 8.78 Å². The maximum absolute atomic E-state index is 14.2. The van der Waals surface area contributed by atoms with Crippen LogP contribution in [0, 0.1) is 5.92 Å². The Labute approximate surface area is 238 Å². The molecule has 41 heavy (non-hydrogen) atoms. The smallest absolute Gasteiger partial charge is 0.259 e. The maximum Gasteiger partial charge on any atom is 0.259 e. The molecule has 0 N–H and O–H groups in total. The number of aryl methyl sites for hydroxylation is 1. The van der Waals surface area contributed by atoms with E-state index < -0.39 is 11.8 Å². The molecular formula is C31H36F2N6O2. The molecule has 8 nitrogen and oxygen atoms in total. The van der Waals surface area contributed by atoms with E-state index in [9.17, 15) is 13.6 Å². The Morgan fingerprint density at radius 3 is 2.66 bits per heavy atom. The van der Waals surface area contributed by atoms with Crippen LogP contribution in [0.15, 0.2) is 36.7 Å². The third-order valence-corrected chi connectivity index (χ3v) is 9.70. The number of likely N-dealkylation sites (tertiary alicyclic amines) is 1. The van der Waals surface area contributed by atoms with Crippen molar-refractivity contribution < 1.29 is 18.3 Å². The molecule has 3 fully saturated rings. The van der Waals surface area contributed by atoms with Crippen LogP contribution in [0.3, 0.4) is 0 Å². The van der Waals surface area contributed by atoms with Gasteiger partial charge in [0.2, 0.25) is 0 Å². The van der Waals surface area contributed by atoms with Crippen LogP contribution in [0.4, 0.5) is 14.5 Å². The van der Waals surface area contributed by atoms with E-state index in [1.54, 1.807) is 13.3 Å². The summed E-state index contributed by atoms with van der Waals surface area (Å²) in [4.78, 5) is 23.0. The lowest BCUT2D eigenvalue weighted by Gasteiger charge is -2.42. The van der Waals surface area contributed by atoms with E-state index in [1.807, 2.05) is 41.6 Å². The summed E-state index contributed by atoms with van der Waals surface area (Å²) in [6.45, 7) is 5.96. The molecule has 1 aromatic carbocycles. The molecule has 3 aliphatic heterocycles. The first-order valence-electron chi connectivity index (χ1n) is 14.6. The van der Waals surface area contributed by atoms with Gasteiger partial charge in [0.25, 0.3) is 11.8 Å². The largest absolute Gasteiger partial charge is 0.379 e. The number of fused-ring (bicyclic) bond motifs is 1. The number of carbonyl (C=O) groups is 1. The van der Waals surface area contributed by atoms with E-state index >= 15 is 0 Å². The van der Waals surface area contributed by atoms with Crippen molar-refractivity contribution in [3.63, 3.8) is 0 Å². The molecule has 3 aromatic rings. The van der Waals surface area contributed by atoms with Crippen molar-refractivity contribution in [2.45, 2.75) is 69.4 Å². The summed E-state index contributed by atoms with van der Waals surface area (Å²) in [6.07, 6.45) is 4.40. The van der Waals surface area contributed by atoms with Crippen LogP contribution in [0.1, 0.15) is 83.8 Å². The Bertz CT molecular complexity index is 1500. The topological polar surface area (TPSA) is 76.4 Å². The first kappa shape index (κ1) is 26.6. The number of piperidine rings is 1. The highest BCUT2D eigenvalue weighted by Gasteiger charge is 2.44. The minimum absolute atomic E-state index is 0.0272. The van der Waals surface area contributed by atoms with E-state index in [4.69, 9.17) is 9.72 Å². The van der Waals surface area contributed by atoms with Gasteiger partial charge in [-0.1, -0.05) is 19.1 Å². The molecule has 2 saturated heterocycles. The van der Waals surface area contributed by atoms with Gasteiger partial charge in [0, 0.05) is 78.8 Å². The van der Waals surface area contributed by atoms with Crippen molar-refractivity contribution in [1.82, 2.24) is 24.6 Å². The lowest BCUT2D eigenvalue weighted by Crippen LogP contribution is -2.49. The summed E-state index contributed by atoms with van der Waals surface area (Å²) in [5, 5.41) is 8.33. The Kier molecular flexibility index (Phi) is 6.28. The van der Waals surface area contributed by atoms with Gasteiger partial charge in [-0.15, -0.1) is 10.2 Å². The number of aromatic nitrogens is 4. The van der Waals surface area contributed by atoms with Crippen molar-refractivity contribution in [2.75, 3.05) is 31.2 Å². The molecule has 1 saturated carbocycles. The summed E-state index contributed by atoms with van der Waals surface area (Å²) < 4.78 is 36.0.